The van der Waals surface area contributed by atoms with Gasteiger partial charge in [-0.05, 0) is 49.7 Å². The quantitative estimate of drug-likeness (QED) is 0.847. The van der Waals surface area contributed by atoms with Crippen molar-refractivity contribution in [3.63, 3.8) is 0 Å². The van der Waals surface area contributed by atoms with Gasteiger partial charge in [-0.25, -0.2) is 4.39 Å². The highest BCUT2D eigenvalue weighted by Crippen LogP contribution is 2.23. The molecule has 1 fully saturated rings. The second kappa shape index (κ2) is 9.00. The molecule has 3 rings (SSSR count). The first-order valence-electron chi connectivity index (χ1n) is 9.63. The molecule has 1 aliphatic rings. The third kappa shape index (κ3) is 4.86. The van der Waals surface area contributed by atoms with E-state index in [2.05, 4.69) is 41.4 Å². The predicted octanol–water partition coefficient (Wildman–Crippen LogP) is 3.43. The summed E-state index contributed by atoms with van der Waals surface area (Å²) in [5.74, 6) is -0.198. The van der Waals surface area contributed by atoms with Crippen LogP contribution in [0.1, 0.15) is 25.3 Å². The normalized spacial score (nSPS) is 19.5. The first-order chi connectivity index (χ1) is 13.1. The van der Waals surface area contributed by atoms with Gasteiger partial charge in [0.1, 0.15) is 5.82 Å². The van der Waals surface area contributed by atoms with Gasteiger partial charge >= 0.3 is 0 Å². The maximum atomic E-state index is 13.1. The number of carbonyl (C=O) groups excluding carboxylic acids is 1. The van der Waals surface area contributed by atoms with E-state index in [0.29, 0.717) is 6.42 Å². The van der Waals surface area contributed by atoms with Crippen molar-refractivity contribution in [1.82, 2.24) is 10.2 Å². The van der Waals surface area contributed by atoms with Crippen LogP contribution < -0.4 is 10.2 Å². The molecule has 0 aliphatic carbocycles. The second-order valence-corrected chi connectivity index (χ2v) is 7.08. The van der Waals surface area contributed by atoms with E-state index >= 15 is 0 Å². The number of nitrogens with zero attached hydrogens (tertiary/aromatic N) is 2. The number of hydrogen-bond acceptors (Lipinski definition) is 3. The van der Waals surface area contributed by atoms with Crippen LogP contribution in [-0.4, -0.2) is 43.2 Å². The monoisotopic (exact) mass is 369 g/mol. The van der Waals surface area contributed by atoms with Gasteiger partial charge in [-0.15, -0.1) is 0 Å². The molecule has 0 radical (unpaired) electrons. The number of anilines is 1. The van der Waals surface area contributed by atoms with Crippen molar-refractivity contribution in [3.8, 4) is 0 Å². The van der Waals surface area contributed by atoms with Gasteiger partial charge in [-0.2, -0.15) is 0 Å². The zero-order valence-electron chi connectivity index (χ0n) is 16.1. The molecule has 2 unspecified atom stereocenters. The zero-order chi connectivity index (χ0) is 19.2. The number of halogens is 1. The Morgan fingerprint density at radius 2 is 1.85 bits per heavy atom. The summed E-state index contributed by atoms with van der Waals surface area (Å²) in [5, 5.41) is 3.59. The number of nitrogens with one attached hydrogen (secondary N) is 1. The fourth-order valence-electron chi connectivity index (χ4n) is 3.77. The van der Waals surface area contributed by atoms with E-state index in [1.54, 1.807) is 12.1 Å². The van der Waals surface area contributed by atoms with Crippen LogP contribution >= 0.6 is 0 Å². The molecule has 1 saturated heterocycles. The first kappa shape index (κ1) is 19.4. The molecule has 144 valence electrons. The molecule has 1 aliphatic heterocycles. The fourth-order valence-corrected chi connectivity index (χ4v) is 3.77. The van der Waals surface area contributed by atoms with Gasteiger partial charge < -0.3 is 9.80 Å². The first-order valence-corrected chi connectivity index (χ1v) is 9.63. The Labute approximate surface area is 161 Å². The molecule has 2 aromatic rings. The van der Waals surface area contributed by atoms with Crippen molar-refractivity contribution in [3.05, 3.63) is 66.0 Å². The van der Waals surface area contributed by atoms with Gasteiger partial charge in [0, 0.05) is 31.7 Å². The third-order valence-corrected chi connectivity index (χ3v) is 5.37. The molecule has 0 bridgehead atoms. The summed E-state index contributed by atoms with van der Waals surface area (Å²) in [6.45, 7) is 3.94. The lowest BCUT2D eigenvalue weighted by Crippen LogP contribution is -2.55. The number of para-hydroxylation sites is 1. The summed E-state index contributed by atoms with van der Waals surface area (Å²) in [6.07, 6.45) is 2.34. The van der Waals surface area contributed by atoms with Crippen molar-refractivity contribution in [2.75, 3.05) is 25.0 Å². The molecule has 2 aromatic carbocycles. The Balaban J connectivity index is 1.64. The lowest BCUT2D eigenvalue weighted by atomic mass is 10.00. The van der Waals surface area contributed by atoms with Crippen LogP contribution in [0, 0.1) is 5.82 Å². The topological polar surface area (TPSA) is 35.6 Å². The largest absolute Gasteiger partial charge is 0.356 e. The lowest BCUT2D eigenvalue weighted by Gasteiger charge is -2.42. The summed E-state index contributed by atoms with van der Waals surface area (Å²) in [6, 6.07) is 16.7. The predicted molar refractivity (Wildman–Crippen MR) is 107 cm³/mol. The Morgan fingerprint density at radius 1 is 1.15 bits per heavy atom. The van der Waals surface area contributed by atoms with Crippen molar-refractivity contribution in [2.45, 2.75) is 38.4 Å². The number of piperidine rings is 1. The number of carbonyl (C=O) groups is 1. The Morgan fingerprint density at radius 3 is 2.52 bits per heavy atom. The maximum Gasteiger partial charge on any atom is 0.226 e. The second-order valence-electron chi connectivity index (χ2n) is 7.08. The van der Waals surface area contributed by atoms with Crippen LogP contribution in [0.4, 0.5) is 10.1 Å². The highest BCUT2D eigenvalue weighted by atomic mass is 19.1. The van der Waals surface area contributed by atoms with Crippen molar-refractivity contribution < 1.29 is 9.18 Å². The summed E-state index contributed by atoms with van der Waals surface area (Å²) < 4.78 is 13.1. The van der Waals surface area contributed by atoms with Gasteiger partial charge in [0.05, 0.1) is 12.6 Å². The Bertz CT molecular complexity index is 735. The molecule has 27 heavy (non-hydrogen) atoms. The van der Waals surface area contributed by atoms with E-state index < -0.39 is 0 Å². The zero-order valence-corrected chi connectivity index (χ0v) is 16.1. The molecule has 5 heteroatoms. The van der Waals surface area contributed by atoms with Gasteiger partial charge in [0.25, 0.3) is 0 Å². The minimum Gasteiger partial charge on any atom is -0.356 e. The van der Waals surface area contributed by atoms with E-state index in [9.17, 15) is 9.18 Å². The van der Waals surface area contributed by atoms with Crippen LogP contribution in [0.15, 0.2) is 54.6 Å². The maximum absolute atomic E-state index is 13.1. The van der Waals surface area contributed by atoms with Crippen molar-refractivity contribution in [1.29, 1.82) is 0 Å². The SMILES string of the molecule is CCN(c1ccccc1)C1CC(N(C)C(=O)Cc2ccc(F)cc2)CCN1. The number of likely N-dealkylation sites (N-methyl/N-ethyl adjacent to an activating group) is 1. The highest BCUT2D eigenvalue weighted by molar-refractivity contribution is 5.78. The minimum absolute atomic E-state index is 0.0787. The van der Waals surface area contributed by atoms with Crippen LogP contribution in [-0.2, 0) is 11.2 Å². The summed E-state index contributed by atoms with van der Waals surface area (Å²) in [4.78, 5) is 16.9. The number of benzene rings is 2. The van der Waals surface area contributed by atoms with Crippen LogP contribution in [0.2, 0.25) is 0 Å². The van der Waals surface area contributed by atoms with Gasteiger partial charge in [-0.3, -0.25) is 10.1 Å². The van der Waals surface area contributed by atoms with E-state index in [4.69, 9.17) is 0 Å². The Kier molecular flexibility index (Phi) is 6.45. The summed E-state index contributed by atoms with van der Waals surface area (Å²) in [5.41, 5.74) is 2.04. The molecular formula is C22H28FN3O. The van der Waals surface area contributed by atoms with Crippen LogP contribution in [0.5, 0.6) is 0 Å². The summed E-state index contributed by atoms with van der Waals surface area (Å²) >= 11 is 0. The van der Waals surface area contributed by atoms with E-state index in [0.717, 1.165) is 31.5 Å². The van der Waals surface area contributed by atoms with Gasteiger partial charge in [-0.1, -0.05) is 30.3 Å². The van der Waals surface area contributed by atoms with Crippen LogP contribution in [0.3, 0.4) is 0 Å². The Hall–Kier alpha value is -2.40. The van der Waals surface area contributed by atoms with E-state index in [1.807, 2.05) is 18.0 Å². The molecule has 1 heterocycles. The molecule has 2 atom stereocenters. The minimum atomic E-state index is -0.277. The van der Waals surface area contributed by atoms with Gasteiger partial charge in [0.15, 0.2) is 0 Å². The highest BCUT2D eigenvalue weighted by Gasteiger charge is 2.30. The molecule has 0 saturated carbocycles. The fraction of sp³-hybridized carbons (Fsp3) is 0.409. The number of hydrogen-bond donors (Lipinski definition) is 1. The van der Waals surface area contributed by atoms with Crippen LogP contribution in [0.25, 0.3) is 0 Å². The lowest BCUT2D eigenvalue weighted by molar-refractivity contribution is -0.131. The number of rotatable bonds is 6. The van der Waals surface area contributed by atoms with E-state index in [1.165, 1.54) is 17.8 Å². The van der Waals surface area contributed by atoms with Gasteiger partial charge in [0.2, 0.25) is 5.91 Å². The molecule has 0 aromatic heterocycles. The molecule has 1 N–H and O–H groups in total. The number of amides is 1. The van der Waals surface area contributed by atoms with Crippen molar-refractivity contribution in [2.24, 2.45) is 0 Å². The third-order valence-electron chi connectivity index (χ3n) is 5.37. The summed E-state index contributed by atoms with van der Waals surface area (Å²) in [7, 11) is 1.89. The smallest absolute Gasteiger partial charge is 0.226 e. The average Bonchev–Trinajstić information content (AvgIpc) is 2.71. The van der Waals surface area contributed by atoms with Crippen molar-refractivity contribution >= 4 is 11.6 Å². The van der Waals surface area contributed by atoms with E-state index in [-0.39, 0.29) is 23.9 Å². The molecule has 0 spiro atoms. The molecular weight excluding hydrogens is 341 g/mol. The molecule has 1 amide bonds. The molecule has 4 nitrogen and oxygen atoms in total. The standard InChI is InChI=1S/C22H28FN3O/c1-3-26(19-7-5-4-6-8-19)21-16-20(13-14-24-21)25(2)22(27)15-17-9-11-18(23)12-10-17/h4-12,20-21,24H,3,13-16H2,1-2H3. The average molecular weight is 369 g/mol.